The molecule has 4 nitrogen and oxygen atoms in total. The van der Waals surface area contributed by atoms with Gasteiger partial charge in [0.2, 0.25) is 11.3 Å². The molecular formula is C8H10N2O2. The van der Waals surface area contributed by atoms with Crippen molar-refractivity contribution in [3.05, 3.63) is 28.3 Å². The van der Waals surface area contributed by atoms with Crippen LogP contribution in [0.25, 0.3) is 0 Å². The summed E-state index contributed by atoms with van der Waals surface area (Å²) in [6.45, 7) is 3.74. The van der Waals surface area contributed by atoms with E-state index >= 15 is 0 Å². The second-order valence-corrected chi connectivity index (χ2v) is 2.78. The lowest BCUT2D eigenvalue weighted by atomic mass is 10.1. The lowest BCUT2D eigenvalue weighted by Crippen LogP contribution is -1.93. The van der Waals surface area contributed by atoms with Gasteiger partial charge < -0.3 is 5.11 Å². The van der Waals surface area contributed by atoms with Gasteiger partial charge in [-0.3, -0.25) is 9.78 Å². The molecule has 12 heavy (non-hydrogen) atoms. The molecule has 0 unspecified atom stereocenters. The summed E-state index contributed by atoms with van der Waals surface area (Å²) in [6.07, 6.45) is 2.20. The first-order valence-corrected chi connectivity index (χ1v) is 3.66. The maximum atomic E-state index is 10.8. The summed E-state index contributed by atoms with van der Waals surface area (Å²) < 4.78 is 0. The van der Waals surface area contributed by atoms with Gasteiger partial charge in [-0.25, -0.2) is 4.98 Å². The number of aromatic hydroxyl groups is 1. The van der Waals surface area contributed by atoms with Crippen LogP contribution in [0.3, 0.4) is 0 Å². The molecule has 0 aliphatic rings. The van der Waals surface area contributed by atoms with Crippen molar-refractivity contribution < 1.29 is 5.11 Å². The Balaban J connectivity index is 3.33. The van der Waals surface area contributed by atoms with E-state index in [4.69, 9.17) is 0 Å². The van der Waals surface area contributed by atoms with Gasteiger partial charge in [-0.2, -0.15) is 0 Å². The lowest BCUT2D eigenvalue weighted by molar-refractivity contribution is 0.440. The van der Waals surface area contributed by atoms with Crippen LogP contribution < -0.4 is 5.43 Å². The van der Waals surface area contributed by atoms with Gasteiger partial charge in [0.05, 0.1) is 12.4 Å². The van der Waals surface area contributed by atoms with Crippen molar-refractivity contribution >= 4 is 0 Å². The molecule has 0 aliphatic carbocycles. The van der Waals surface area contributed by atoms with Crippen LogP contribution in [0.5, 0.6) is 5.88 Å². The molecule has 0 saturated heterocycles. The van der Waals surface area contributed by atoms with Crippen molar-refractivity contribution in [2.45, 2.75) is 19.8 Å². The average molecular weight is 166 g/mol. The molecule has 1 rings (SSSR count). The summed E-state index contributed by atoms with van der Waals surface area (Å²) in [7, 11) is 0. The molecule has 1 aromatic rings. The summed E-state index contributed by atoms with van der Waals surface area (Å²) >= 11 is 0. The first-order valence-electron chi connectivity index (χ1n) is 3.66. The van der Waals surface area contributed by atoms with Crippen LogP contribution in [-0.4, -0.2) is 15.1 Å². The normalized spacial score (nSPS) is 10.2. The van der Waals surface area contributed by atoms with Gasteiger partial charge in [-0.15, -0.1) is 0 Å². The number of nitrogens with zero attached hydrogens (tertiary/aromatic N) is 2. The highest BCUT2D eigenvalue weighted by Gasteiger charge is 2.06. The highest BCUT2D eigenvalue weighted by atomic mass is 16.3. The Bertz CT molecular complexity index is 336. The molecule has 0 aromatic carbocycles. The number of hydrogen-bond acceptors (Lipinski definition) is 4. The molecule has 1 aromatic heterocycles. The fraction of sp³-hybridized carbons (Fsp3) is 0.375. The Hall–Kier alpha value is -1.45. The minimum Gasteiger partial charge on any atom is -0.492 e. The summed E-state index contributed by atoms with van der Waals surface area (Å²) in [5, 5.41) is 9.25. The van der Waals surface area contributed by atoms with Crippen LogP contribution in [0.15, 0.2) is 17.2 Å². The van der Waals surface area contributed by atoms with E-state index in [1.807, 2.05) is 13.8 Å². The molecule has 0 fully saturated rings. The third-order valence-corrected chi connectivity index (χ3v) is 1.42. The third-order valence-electron chi connectivity index (χ3n) is 1.42. The second-order valence-electron chi connectivity index (χ2n) is 2.78. The van der Waals surface area contributed by atoms with E-state index in [1.165, 1.54) is 0 Å². The fourth-order valence-electron chi connectivity index (χ4n) is 0.822. The van der Waals surface area contributed by atoms with Crippen LogP contribution in [0.2, 0.25) is 0 Å². The van der Waals surface area contributed by atoms with E-state index in [9.17, 15) is 9.90 Å². The number of aromatic nitrogens is 2. The van der Waals surface area contributed by atoms with Gasteiger partial charge in [0.1, 0.15) is 5.69 Å². The minimum atomic E-state index is -0.308. The van der Waals surface area contributed by atoms with Gasteiger partial charge >= 0.3 is 0 Å². The highest BCUT2D eigenvalue weighted by Crippen LogP contribution is 2.17. The van der Waals surface area contributed by atoms with Crippen LogP contribution in [0, 0.1) is 0 Å². The zero-order chi connectivity index (χ0) is 9.14. The van der Waals surface area contributed by atoms with E-state index in [0.29, 0.717) is 5.69 Å². The molecule has 0 radical (unpaired) electrons. The zero-order valence-electron chi connectivity index (χ0n) is 6.98. The Kier molecular flexibility index (Phi) is 2.38. The van der Waals surface area contributed by atoms with E-state index in [2.05, 4.69) is 9.97 Å². The molecule has 0 saturated carbocycles. The number of hydrogen-bond donors (Lipinski definition) is 1. The van der Waals surface area contributed by atoms with Gasteiger partial charge in [0, 0.05) is 5.92 Å². The molecule has 0 spiro atoms. The maximum absolute atomic E-state index is 10.8. The van der Waals surface area contributed by atoms with Gasteiger partial charge in [0.25, 0.3) is 0 Å². The maximum Gasteiger partial charge on any atom is 0.233 e. The van der Waals surface area contributed by atoms with E-state index in [0.717, 1.165) is 12.4 Å². The predicted molar refractivity (Wildman–Crippen MR) is 44.1 cm³/mol. The Morgan fingerprint density at radius 1 is 1.33 bits per heavy atom. The van der Waals surface area contributed by atoms with Crippen LogP contribution in [0.4, 0.5) is 0 Å². The fourth-order valence-corrected chi connectivity index (χ4v) is 0.822. The van der Waals surface area contributed by atoms with Crippen molar-refractivity contribution in [3.63, 3.8) is 0 Å². The van der Waals surface area contributed by atoms with Crippen molar-refractivity contribution in [2.24, 2.45) is 0 Å². The molecule has 1 heterocycles. The molecule has 0 atom stereocenters. The predicted octanol–water partition coefficient (Wildman–Crippen LogP) is 0.666. The summed E-state index contributed by atoms with van der Waals surface area (Å²) in [4.78, 5) is 18.1. The standard InChI is InChI=1S/C8H10N2O2/c1-5(2)7-8(12)10-4-6(11)3-9-7/h3-5,12H,1-2H3. The first-order chi connectivity index (χ1) is 5.61. The van der Waals surface area contributed by atoms with E-state index < -0.39 is 0 Å². The highest BCUT2D eigenvalue weighted by molar-refractivity contribution is 5.17. The average Bonchev–Trinajstić information content (AvgIpc) is 2.14. The van der Waals surface area contributed by atoms with Gasteiger partial charge in [-0.1, -0.05) is 13.8 Å². The summed E-state index contributed by atoms with van der Waals surface area (Å²) in [6, 6.07) is 0. The largest absolute Gasteiger partial charge is 0.492 e. The molecule has 4 heteroatoms. The molecule has 1 N–H and O–H groups in total. The summed E-state index contributed by atoms with van der Waals surface area (Å²) in [5.74, 6) is -0.114. The number of rotatable bonds is 1. The van der Waals surface area contributed by atoms with E-state index in [1.54, 1.807) is 0 Å². The topological polar surface area (TPSA) is 63.1 Å². The quantitative estimate of drug-likeness (QED) is 0.665. The van der Waals surface area contributed by atoms with Crippen molar-refractivity contribution in [3.8, 4) is 5.88 Å². The minimum absolute atomic E-state index is 0.0595. The van der Waals surface area contributed by atoms with Crippen molar-refractivity contribution in [1.82, 2.24) is 9.97 Å². The molecule has 0 amide bonds. The monoisotopic (exact) mass is 166 g/mol. The Morgan fingerprint density at radius 3 is 2.50 bits per heavy atom. The zero-order valence-corrected chi connectivity index (χ0v) is 6.98. The van der Waals surface area contributed by atoms with Crippen molar-refractivity contribution in [1.29, 1.82) is 0 Å². The van der Waals surface area contributed by atoms with Crippen LogP contribution >= 0.6 is 0 Å². The van der Waals surface area contributed by atoms with Crippen LogP contribution in [-0.2, 0) is 0 Å². The molecular weight excluding hydrogens is 156 g/mol. The lowest BCUT2D eigenvalue weighted by Gasteiger charge is -2.00. The second kappa shape index (κ2) is 3.30. The Labute approximate surface area is 69.9 Å². The smallest absolute Gasteiger partial charge is 0.233 e. The van der Waals surface area contributed by atoms with Crippen LogP contribution in [0.1, 0.15) is 25.5 Å². The van der Waals surface area contributed by atoms with Gasteiger partial charge in [-0.05, 0) is 0 Å². The Morgan fingerprint density at radius 2 is 1.92 bits per heavy atom. The first kappa shape index (κ1) is 8.64. The molecule has 0 bridgehead atoms. The summed E-state index contributed by atoms with van der Waals surface area (Å²) in [5.41, 5.74) is 0.134. The van der Waals surface area contributed by atoms with Crippen molar-refractivity contribution in [2.75, 3.05) is 0 Å². The molecule has 64 valence electrons. The third kappa shape index (κ3) is 1.78. The SMILES string of the molecule is CC(C)c1ncc(=O)cnc1O. The van der Waals surface area contributed by atoms with E-state index in [-0.39, 0.29) is 17.2 Å². The van der Waals surface area contributed by atoms with Gasteiger partial charge in [0.15, 0.2) is 0 Å². The molecule has 0 aliphatic heterocycles.